The number of nitrogens with zero attached hydrogens (tertiary/aromatic N) is 1. The Morgan fingerprint density at radius 2 is 2.33 bits per heavy atom. The molecule has 0 spiro atoms. The Hall–Kier alpha value is -1.29. The molecule has 3 nitrogen and oxygen atoms in total. The normalized spacial score (nSPS) is 10.3. The van der Waals surface area contributed by atoms with E-state index in [1.165, 1.54) is 5.56 Å². The fourth-order valence-electron chi connectivity index (χ4n) is 1.44. The number of hydrogen-bond acceptors (Lipinski definition) is 1. The van der Waals surface area contributed by atoms with Gasteiger partial charge in [-0.05, 0) is 33.6 Å². The van der Waals surface area contributed by atoms with Crippen LogP contribution >= 0.6 is 15.9 Å². The minimum absolute atomic E-state index is 0.853. The van der Waals surface area contributed by atoms with Gasteiger partial charge in [-0.1, -0.05) is 6.07 Å². The minimum atomic E-state index is 0.853. The number of rotatable bonds is 3. The maximum absolute atomic E-state index is 5.18. The molecule has 0 unspecified atom stereocenters. The van der Waals surface area contributed by atoms with Gasteiger partial charge >= 0.3 is 0 Å². The number of ether oxygens (including phenoxy) is 1. The second-order valence-electron chi connectivity index (χ2n) is 3.25. The molecule has 0 saturated heterocycles. The van der Waals surface area contributed by atoms with E-state index in [1.807, 2.05) is 24.8 Å². The molecule has 15 heavy (non-hydrogen) atoms. The number of aromatic amines is 1. The summed E-state index contributed by atoms with van der Waals surface area (Å²) in [5.74, 6) is 0.859. The number of aromatic nitrogens is 2. The predicted octanol–water partition coefficient (Wildman–Crippen LogP) is 2.12. The van der Waals surface area contributed by atoms with E-state index < -0.39 is 0 Å². The summed E-state index contributed by atoms with van der Waals surface area (Å²) in [7, 11) is 1.67. The first kappa shape index (κ1) is 10.2. The lowest BCUT2D eigenvalue weighted by molar-refractivity contribution is -0.687. The highest BCUT2D eigenvalue weighted by atomic mass is 79.9. The topological polar surface area (TPSA) is 28.9 Å². The number of imidazole rings is 1. The van der Waals surface area contributed by atoms with Crippen molar-refractivity contribution in [2.75, 3.05) is 7.11 Å². The highest BCUT2D eigenvalue weighted by molar-refractivity contribution is 9.10. The summed E-state index contributed by atoms with van der Waals surface area (Å²) in [5.41, 5.74) is 1.23. The van der Waals surface area contributed by atoms with E-state index in [-0.39, 0.29) is 0 Å². The molecule has 2 rings (SSSR count). The van der Waals surface area contributed by atoms with Crippen LogP contribution in [0.2, 0.25) is 0 Å². The zero-order valence-corrected chi connectivity index (χ0v) is 9.99. The third-order valence-corrected chi connectivity index (χ3v) is 2.80. The molecule has 1 aromatic heterocycles. The Morgan fingerprint density at radius 1 is 1.47 bits per heavy atom. The van der Waals surface area contributed by atoms with E-state index in [4.69, 9.17) is 4.74 Å². The molecule has 0 aliphatic rings. The maximum atomic E-state index is 5.18. The summed E-state index contributed by atoms with van der Waals surface area (Å²) < 4.78 is 8.24. The zero-order valence-electron chi connectivity index (χ0n) is 8.40. The van der Waals surface area contributed by atoms with E-state index in [1.54, 1.807) is 7.11 Å². The standard InChI is InChI=1S/C11H11BrN2O/c1-15-11-3-2-9(6-10(11)12)7-14-5-4-13-8-14/h2-6,8H,7H2,1H3/p+1. The van der Waals surface area contributed by atoms with Crippen molar-refractivity contribution < 1.29 is 9.30 Å². The van der Waals surface area contributed by atoms with Gasteiger partial charge in [0.2, 0.25) is 6.33 Å². The second kappa shape index (κ2) is 4.49. The van der Waals surface area contributed by atoms with Crippen LogP contribution in [0.1, 0.15) is 5.56 Å². The summed E-state index contributed by atoms with van der Waals surface area (Å²) in [4.78, 5) is 3.01. The van der Waals surface area contributed by atoms with Crippen molar-refractivity contribution in [1.29, 1.82) is 0 Å². The number of benzene rings is 1. The smallest absolute Gasteiger partial charge is 0.241 e. The van der Waals surface area contributed by atoms with Gasteiger partial charge in [0.15, 0.2) is 0 Å². The molecule has 0 fully saturated rings. The van der Waals surface area contributed by atoms with E-state index in [9.17, 15) is 0 Å². The van der Waals surface area contributed by atoms with E-state index >= 15 is 0 Å². The van der Waals surface area contributed by atoms with E-state index in [0.717, 1.165) is 16.8 Å². The summed E-state index contributed by atoms with van der Waals surface area (Å²) >= 11 is 3.47. The zero-order chi connectivity index (χ0) is 10.7. The molecule has 2 aromatic rings. The summed E-state index contributed by atoms with van der Waals surface area (Å²) in [5, 5.41) is 0. The number of H-pyrrole nitrogens is 1. The monoisotopic (exact) mass is 267 g/mol. The van der Waals surface area contributed by atoms with E-state index in [0.29, 0.717) is 0 Å². The Morgan fingerprint density at radius 3 is 2.93 bits per heavy atom. The second-order valence-corrected chi connectivity index (χ2v) is 4.11. The van der Waals surface area contributed by atoms with Gasteiger partial charge in [-0.15, -0.1) is 0 Å². The van der Waals surface area contributed by atoms with Gasteiger partial charge in [-0.25, -0.2) is 4.57 Å². The third kappa shape index (κ3) is 2.39. The van der Waals surface area contributed by atoms with Crippen LogP contribution in [0.15, 0.2) is 41.4 Å². The fraction of sp³-hybridized carbons (Fsp3) is 0.182. The molecule has 0 atom stereocenters. The van der Waals surface area contributed by atoms with E-state index in [2.05, 4.69) is 37.6 Å². The van der Waals surface area contributed by atoms with Crippen molar-refractivity contribution in [3.8, 4) is 5.75 Å². The Kier molecular flexibility index (Phi) is 3.06. The highest BCUT2D eigenvalue weighted by Crippen LogP contribution is 2.25. The number of methoxy groups -OCH3 is 1. The van der Waals surface area contributed by atoms with Crippen LogP contribution in [-0.4, -0.2) is 12.1 Å². The van der Waals surface area contributed by atoms with Crippen molar-refractivity contribution in [2.24, 2.45) is 0 Å². The lowest BCUT2D eigenvalue weighted by Gasteiger charge is -2.04. The van der Waals surface area contributed by atoms with Gasteiger partial charge in [-0.3, -0.25) is 4.98 Å². The molecular weight excluding hydrogens is 256 g/mol. The maximum Gasteiger partial charge on any atom is 0.241 e. The van der Waals surface area contributed by atoms with Crippen LogP contribution < -0.4 is 9.30 Å². The molecular formula is C11H12BrN2O+. The van der Waals surface area contributed by atoms with Crippen molar-refractivity contribution >= 4 is 15.9 Å². The molecule has 0 aliphatic carbocycles. The van der Waals surface area contributed by atoms with Crippen LogP contribution in [0.5, 0.6) is 5.75 Å². The SMILES string of the molecule is COc1ccc(C[n+]2cc[nH]c2)cc1Br. The van der Waals surface area contributed by atoms with Crippen LogP contribution in [-0.2, 0) is 6.54 Å². The quantitative estimate of drug-likeness (QED) is 0.849. The van der Waals surface area contributed by atoms with Gasteiger partial charge in [0.25, 0.3) is 0 Å². The molecule has 4 heteroatoms. The first-order chi connectivity index (χ1) is 7.29. The molecule has 0 bridgehead atoms. The van der Waals surface area contributed by atoms with Gasteiger partial charge in [-0.2, -0.15) is 0 Å². The van der Waals surface area contributed by atoms with Crippen molar-refractivity contribution in [3.63, 3.8) is 0 Å². The fourth-order valence-corrected chi connectivity index (χ4v) is 2.03. The largest absolute Gasteiger partial charge is 0.496 e. The summed E-state index contributed by atoms with van der Waals surface area (Å²) in [6, 6.07) is 6.09. The molecule has 0 amide bonds. The average molecular weight is 268 g/mol. The molecule has 78 valence electrons. The Balaban J connectivity index is 2.20. The van der Waals surface area contributed by atoms with Gasteiger partial charge < -0.3 is 4.74 Å². The van der Waals surface area contributed by atoms with Crippen LogP contribution in [0.3, 0.4) is 0 Å². The van der Waals surface area contributed by atoms with Crippen LogP contribution in [0.4, 0.5) is 0 Å². The summed E-state index contributed by atoms with van der Waals surface area (Å²) in [6.07, 6.45) is 5.83. The average Bonchev–Trinajstić information content (AvgIpc) is 2.71. The molecule has 0 radical (unpaired) electrons. The number of nitrogens with one attached hydrogen (secondary N) is 1. The van der Waals surface area contributed by atoms with Crippen molar-refractivity contribution in [3.05, 3.63) is 47.0 Å². The summed E-state index contributed by atoms with van der Waals surface area (Å²) in [6.45, 7) is 0.853. The minimum Gasteiger partial charge on any atom is -0.496 e. The Bertz CT molecular complexity index is 440. The van der Waals surface area contributed by atoms with Gasteiger partial charge in [0.1, 0.15) is 24.7 Å². The van der Waals surface area contributed by atoms with Crippen molar-refractivity contribution in [2.45, 2.75) is 6.54 Å². The molecule has 0 saturated carbocycles. The molecule has 1 N–H and O–H groups in total. The third-order valence-electron chi connectivity index (χ3n) is 2.18. The Labute approximate surface area is 96.8 Å². The first-order valence-corrected chi connectivity index (χ1v) is 5.43. The highest BCUT2D eigenvalue weighted by Gasteiger charge is 2.04. The van der Waals surface area contributed by atoms with Crippen LogP contribution in [0.25, 0.3) is 0 Å². The number of halogens is 1. The number of hydrogen-bond donors (Lipinski definition) is 1. The molecule has 0 aliphatic heterocycles. The molecule has 1 heterocycles. The predicted molar refractivity (Wildman–Crippen MR) is 60.8 cm³/mol. The first-order valence-electron chi connectivity index (χ1n) is 4.64. The van der Waals surface area contributed by atoms with Crippen molar-refractivity contribution in [1.82, 2.24) is 4.98 Å². The van der Waals surface area contributed by atoms with Crippen LogP contribution in [0, 0.1) is 0 Å². The van der Waals surface area contributed by atoms with Gasteiger partial charge in [0.05, 0.1) is 11.6 Å². The molecule has 1 aromatic carbocycles. The lowest BCUT2D eigenvalue weighted by atomic mass is 10.2. The van der Waals surface area contributed by atoms with Gasteiger partial charge in [0, 0.05) is 0 Å². The lowest BCUT2D eigenvalue weighted by Crippen LogP contribution is -2.30.